The number of carbonyl (C=O) groups excluding carboxylic acids is 2. The van der Waals surface area contributed by atoms with Gasteiger partial charge in [-0.1, -0.05) is 36.4 Å². The van der Waals surface area contributed by atoms with Gasteiger partial charge in [0, 0.05) is 12.7 Å². The summed E-state index contributed by atoms with van der Waals surface area (Å²) < 4.78 is 10.8. The number of piperidine rings is 1. The van der Waals surface area contributed by atoms with Crippen LogP contribution in [0.15, 0.2) is 48.7 Å². The van der Waals surface area contributed by atoms with Gasteiger partial charge in [-0.15, -0.1) is 0 Å². The number of rotatable bonds is 4. The summed E-state index contributed by atoms with van der Waals surface area (Å²) in [5.74, 6) is 0.405. The summed E-state index contributed by atoms with van der Waals surface area (Å²) in [6.07, 6.45) is 3.65. The highest BCUT2D eigenvalue weighted by molar-refractivity contribution is 5.83. The Morgan fingerprint density at radius 2 is 1.90 bits per heavy atom. The SMILES string of the molecule is CC(C)(C)OC(=O)Nc1ccc([C@@H]2CCCCN2C(=O)OCc2ccccc2)cn1. The lowest BCUT2D eigenvalue weighted by atomic mass is 9.97. The first-order chi connectivity index (χ1) is 14.3. The quantitative estimate of drug-likeness (QED) is 0.739. The first-order valence-electron chi connectivity index (χ1n) is 10.2. The van der Waals surface area contributed by atoms with Crippen LogP contribution in [0.4, 0.5) is 15.4 Å². The Kier molecular flexibility index (Phi) is 6.92. The van der Waals surface area contributed by atoms with Crippen molar-refractivity contribution in [3.63, 3.8) is 0 Å². The van der Waals surface area contributed by atoms with Crippen LogP contribution in [-0.4, -0.2) is 34.2 Å². The normalized spacial score (nSPS) is 16.6. The van der Waals surface area contributed by atoms with Crippen molar-refractivity contribution in [3.8, 4) is 0 Å². The number of nitrogens with zero attached hydrogens (tertiary/aromatic N) is 2. The van der Waals surface area contributed by atoms with Crippen molar-refractivity contribution in [3.05, 3.63) is 59.8 Å². The Labute approximate surface area is 177 Å². The smallest absolute Gasteiger partial charge is 0.413 e. The summed E-state index contributed by atoms with van der Waals surface area (Å²) in [5, 5.41) is 2.62. The molecule has 1 aliphatic rings. The molecule has 0 aliphatic carbocycles. The number of nitrogens with one attached hydrogen (secondary N) is 1. The molecule has 0 radical (unpaired) electrons. The van der Waals surface area contributed by atoms with Crippen LogP contribution in [0.5, 0.6) is 0 Å². The molecule has 1 atom stereocenters. The molecule has 7 heteroatoms. The summed E-state index contributed by atoms with van der Waals surface area (Å²) in [4.78, 5) is 30.7. The van der Waals surface area contributed by atoms with E-state index in [4.69, 9.17) is 9.47 Å². The fraction of sp³-hybridized carbons (Fsp3) is 0.435. The molecule has 2 heterocycles. The topological polar surface area (TPSA) is 80.8 Å². The van der Waals surface area contributed by atoms with Gasteiger partial charge in [0.1, 0.15) is 18.0 Å². The van der Waals surface area contributed by atoms with Gasteiger partial charge in [-0.05, 0) is 57.2 Å². The van der Waals surface area contributed by atoms with Gasteiger partial charge >= 0.3 is 12.2 Å². The molecule has 3 rings (SSSR count). The Bertz CT molecular complexity index is 847. The third kappa shape index (κ3) is 6.20. The van der Waals surface area contributed by atoms with Crippen molar-refractivity contribution in [1.82, 2.24) is 9.88 Å². The number of pyridine rings is 1. The van der Waals surface area contributed by atoms with Gasteiger partial charge in [0.15, 0.2) is 0 Å². The standard InChI is InChI=1S/C23H29N3O4/c1-23(2,3)30-21(27)25-20-13-12-18(15-24-20)19-11-7-8-14-26(19)22(28)29-16-17-9-5-4-6-10-17/h4-6,9-10,12-13,15,19H,7-8,11,14,16H2,1-3H3,(H,24,25,27)/t19-/m0/s1. The number of hydrogen-bond acceptors (Lipinski definition) is 5. The summed E-state index contributed by atoms with van der Waals surface area (Å²) in [6, 6.07) is 13.2. The maximum Gasteiger partial charge on any atom is 0.413 e. The molecular formula is C23H29N3O4. The molecule has 1 aromatic carbocycles. The molecule has 7 nitrogen and oxygen atoms in total. The van der Waals surface area contributed by atoms with Gasteiger partial charge in [0.2, 0.25) is 0 Å². The van der Waals surface area contributed by atoms with E-state index in [0.717, 1.165) is 30.4 Å². The molecule has 1 aromatic heterocycles. The van der Waals surface area contributed by atoms with Crippen LogP contribution < -0.4 is 5.32 Å². The lowest BCUT2D eigenvalue weighted by Crippen LogP contribution is -2.38. The van der Waals surface area contributed by atoms with Crippen molar-refractivity contribution in [2.45, 2.75) is 58.3 Å². The Morgan fingerprint density at radius 3 is 2.57 bits per heavy atom. The molecule has 1 N–H and O–H groups in total. The molecule has 1 fully saturated rings. The predicted molar refractivity (Wildman–Crippen MR) is 114 cm³/mol. The van der Waals surface area contributed by atoms with Crippen LogP contribution in [-0.2, 0) is 16.1 Å². The molecule has 30 heavy (non-hydrogen) atoms. The molecule has 2 amide bonds. The first kappa shape index (κ1) is 21.6. The highest BCUT2D eigenvalue weighted by Crippen LogP contribution is 2.31. The van der Waals surface area contributed by atoms with E-state index in [0.29, 0.717) is 12.4 Å². The monoisotopic (exact) mass is 411 g/mol. The van der Waals surface area contributed by atoms with Crippen LogP contribution in [0.3, 0.4) is 0 Å². The highest BCUT2D eigenvalue weighted by atomic mass is 16.6. The van der Waals surface area contributed by atoms with Crippen LogP contribution in [0.1, 0.15) is 57.2 Å². The van der Waals surface area contributed by atoms with Gasteiger partial charge in [-0.2, -0.15) is 0 Å². The minimum atomic E-state index is -0.577. The van der Waals surface area contributed by atoms with E-state index >= 15 is 0 Å². The molecule has 0 bridgehead atoms. The molecule has 0 unspecified atom stereocenters. The Morgan fingerprint density at radius 1 is 1.13 bits per heavy atom. The Balaban J connectivity index is 1.62. The van der Waals surface area contributed by atoms with Crippen molar-refractivity contribution in [2.75, 3.05) is 11.9 Å². The van der Waals surface area contributed by atoms with E-state index in [1.807, 2.05) is 36.4 Å². The fourth-order valence-electron chi connectivity index (χ4n) is 3.38. The summed E-state index contributed by atoms with van der Waals surface area (Å²) >= 11 is 0. The number of hydrogen-bond donors (Lipinski definition) is 1. The lowest BCUT2D eigenvalue weighted by Gasteiger charge is -2.35. The number of likely N-dealkylation sites (tertiary alicyclic amines) is 1. The molecule has 160 valence electrons. The fourth-order valence-corrected chi connectivity index (χ4v) is 3.38. The summed E-state index contributed by atoms with van der Waals surface area (Å²) in [7, 11) is 0. The second-order valence-electron chi connectivity index (χ2n) is 8.35. The number of benzene rings is 1. The van der Waals surface area contributed by atoms with E-state index in [9.17, 15) is 9.59 Å². The van der Waals surface area contributed by atoms with Gasteiger partial charge in [0.25, 0.3) is 0 Å². The second-order valence-corrected chi connectivity index (χ2v) is 8.35. The molecule has 1 aliphatic heterocycles. The average molecular weight is 412 g/mol. The zero-order chi connectivity index (χ0) is 21.6. The number of carbonyl (C=O) groups is 2. The Hall–Kier alpha value is -3.09. The van der Waals surface area contributed by atoms with Crippen LogP contribution in [0, 0.1) is 0 Å². The molecule has 0 saturated carbocycles. The van der Waals surface area contributed by atoms with Gasteiger partial charge in [-0.3, -0.25) is 5.32 Å². The second kappa shape index (κ2) is 9.61. The highest BCUT2D eigenvalue weighted by Gasteiger charge is 2.29. The number of ether oxygens (including phenoxy) is 2. The number of aromatic nitrogens is 1. The van der Waals surface area contributed by atoms with E-state index < -0.39 is 11.7 Å². The number of anilines is 1. The number of amides is 2. The molecular weight excluding hydrogens is 382 g/mol. The van der Waals surface area contributed by atoms with E-state index in [1.165, 1.54) is 0 Å². The maximum absolute atomic E-state index is 12.7. The van der Waals surface area contributed by atoms with Crippen LogP contribution >= 0.6 is 0 Å². The lowest BCUT2D eigenvalue weighted by molar-refractivity contribution is 0.0634. The van der Waals surface area contributed by atoms with Gasteiger partial charge < -0.3 is 14.4 Å². The van der Waals surface area contributed by atoms with Crippen molar-refractivity contribution >= 4 is 18.0 Å². The maximum atomic E-state index is 12.7. The van der Waals surface area contributed by atoms with Gasteiger partial charge in [-0.25, -0.2) is 14.6 Å². The zero-order valence-electron chi connectivity index (χ0n) is 17.8. The van der Waals surface area contributed by atoms with Crippen molar-refractivity contribution in [1.29, 1.82) is 0 Å². The zero-order valence-corrected chi connectivity index (χ0v) is 17.8. The van der Waals surface area contributed by atoms with Gasteiger partial charge in [0.05, 0.1) is 6.04 Å². The van der Waals surface area contributed by atoms with Crippen molar-refractivity contribution < 1.29 is 19.1 Å². The van der Waals surface area contributed by atoms with E-state index in [1.54, 1.807) is 37.9 Å². The average Bonchev–Trinajstić information content (AvgIpc) is 2.72. The minimum Gasteiger partial charge on any atom is -0.445 e. The van der Waals surface area contributed by atoms with Crippen LogP contribution in [0.25, 0.3) is 0 Å². The summed E-state index contributed by atoms with van der Waals surface area (Å²) in [5.41, 5.74) is 1.30. The minimum absolute atomic E-state index is 0.0925. The first-order valence-corrected chi connectivity index (χ1v) is 10.2. The largest absolute Gasteiger partial charge is 0.445 e. The third-order valence-electron chi connectivity index (χ3n) is 4.74. The van der Waals surface area contributed by atoms with Crippen LogP contribution in [0.2, 0.25) is 0 Å². The van der Waals surface area contributed by atoms with E-state index in [2.05, 4.69) is 10.3 Å². The van der Waals surface area contributed by atoms with E-state index in [-0.39, 0.29) is 18.7 Å². The molecule has 1 saturated heterocycles. The predicted octanol–water partition coefficient (Wildman–Crippen LogP) is 5.29. The van der Waals surface area contributed by atoms with Crippen molar-refractivity contribution in [2.24, 2.45) is 0 Å². The molecule has 0 spiro atoms. The third-order valence-corrected chi connectivity index (χ3v) is 4.74. The molecule has 2 aromatic rings. The summed E-state index contributed by atoms with van der Waals surface area (Å²) in [6.45, 7) is 6.31.